The van der Waals surface area contributed by atoms with Crippen LogP contribution in [0, 0.1) is 11.7 Å². The summed E-state index contributed by atoms with van der Waals surface area (Å²) in [6, 6.07) is 0.554. The fourth-order valence-electron chi connectivity index (χ4n) is 3.70. The standard InChI is InChI=1S/C20H22FN3O4/c1-9(2)3-6-14-19(26)23-16-15(22-14)13(21)7-11-17(16)24(10-4-5-10)8-12(18(11)25)20(27)28/h7-10,14,22H,3-6H2,1-2H3,(H,23,26)(H,27,28). The van der Waals surface area contributed by atoms with Crippen LogP contribution < -0.4 is 16.1 Å². The lowest BCUT2D eigenvalue weighted by Gasteiger charge is -2.29. The lowest BCUT2D eigenvalue weighted by atomic mass is 9.99. The Balaban J connectivity index is 1.91. The quantitative estimate of drug-likeness (QED) is 0.731. The molecule has 1 aromatic heterocycles. The van der Waals surface area contributed by atoms with E-state index >= 15 is 0 Å². The molecule has 2 heterocycles. The predicted molar refractivity (Wildman–Crippen MR) is 104 cm³/mol. The van der Waals surface area contributed by atoms with E-state index in [1.54, 1.807) is 4.57 Å². The first-order chi connectivity index (χ1) is 13.3. The van der Waals surface area contributed by atoms with Gasteiger partial charge in [-0.15, -0.1) is 0 Å². The summed E-state index contributed by atoms with van der Waals surface area (Å²) in [6.07, 6.45) is 4.35. The summed E-state index contributed by atoms with van der Waals surface area (Å²) in [5, 5.41) is 15.1. The summed E-state index contributed by atoms with van der Waals surface area (Å²) in [4.78, 5) is 36.7. The monoisotopic (exact) mass is 387 g/mol. The van der Waals surface area contributed by atoms with E-state index < -0.39 is 28.8 Å². The molecule has 0 spiro atoms. The number of hydrogen-bond donors (Lipinski definition) is 3. The van der Waals surface area contributed by atoms with Crippen molar-refractivity contribution in [1.82, 2.24) is 4.57 Å². The SMILES string of the molecule is CC(C)CCC1Nc2c(F)cc3c(=O)c(C(=O)O)cn(C4CC4)c3c2NC1=O. The van der Waals surface area contributed by atoms with Gasteiger partial charge in [-0.1, -0.05) is 13.8 Å². The highest BCUT2D eigenvalue weighted by atomic mass is 19.1. The summed E-state index contributed by atoms with van der Waals surface area (Å²) < 4.78 is 16.5. The third-order valence-electron chi connectivity index (χ3n) is 5.35. The number of carbonyl (C=O) groups excluding carboxylic acids is 1. The molecule has 1 aliphatic carbocycles. The molecule has 8 heteroatoms. The molecule has 1 aliphatic heterocycles. The van der Waals surface area contributed by atoms with Crippen molar-refractivity contribution in [3.8, 4) is 0 Å². The van der Waals surface area contributed by atoms with E-state index in [2.05, 4.69) is 24.5 Å². The molecule has 1 fully saturated rings. The van der Waals surface area contributed by atoms with Gasteiger partial charge in [0.25, 0.3) is 0 Å². The number of benzene rings is 1. The van der Waals surface area contributed by atoms with Crippen LogP contribution in [0.15, 0.2) is 17.1 Å². The fourth-order valence-corrected chi connectivity index (χ4v) is 3.70. The first-order valence-electron chi connectivity index (χ1n) is 9.50. The highest BCUT2D eigenvalue weighted by Crippen LogP contribution is 2.42. The Bertz CT molecular complexity index is 1060. The maximum atomic E-state index is 14.9. The van der Waals surface area contributed by atoms with Crippen molar-refractivity contribution in [3.05, 3.63) is 33.9 Å². The van der Waals surface area contributed by atoms with Crippen LogP contribution in [0.4, 0.5) is 15.8 Å². The lowest BCUT2D eigenvalue weighted by molar-refractivity contribution is -0.117. The van der Waals surface area contributed by atoms with Gasteiger partial charge in [0.15, 0.2) is 0 Å². The molecule has 1 amide bonds. The summed E-state index contributed by atoms with van der Waals surface area (Å²) in [5.74, 6) is -1.90. The highest BCUT2D eigenvalue weighted by Gasteiger charge is 2.34. The van der Waals surface area contributed by atoms with E-state index in [9.17, 15) is 23.9 Å². The third kappa shape index (κ3) is 3.02. The van der Waals surface area contributed by atoms with Crippen molar-refractivity contribution in [2.75, 3.05) is 10.6 Å². The molecule has 4 rings (SSSR count). The van der Waals surface area contributed by atoms with Crippen LogP contribution in [-0.2, 0) is 4.79 Å². The number of aromatic carboxylic acids is 1. The molecular formula is C20H22FN3O4. The van der Waals surface area contributed by atoms with Crippen LogP contribution in [0.5, 0.6) is 0 Å². The molecule has 28 heavy (non-hydrogen) atoms. The number of aromatic nitrogens is 1. The maximum Gasteiger partial charge on any atom is 0.341 e. The molecule has 2 aromatic rings. The summed E-state index contributed by atoms with van der Waals surface area (Å²) in [6.45, 7) is 4.11. The van der Waals surface area contributed by atoms with Gasteiger partial charge in [0.1, 0.15) is 17.4 Å². The molecule has 1 unspecified atom stereocenters. The number of hydrogen-bond acceptors (Lipinski definition) is 4. The Kier molecular flexibility index (Phi) is 4.36. The molecule has 1 aromatic carbocycles. The number of carbonyl (C=O) groups is 2. The number of nitrogens with one attached hydrogen (secondary N) is 2. The summed E-state index contributed by atoms with van der Waals surface area (Å²) >= 11 is 0. The van der Waals surface area contributed by atoms with Gasteiger partial charge >= 0.3 is 5.97 Å². The third-order valence-corrected chi connectivity index (χ3v) is 5.35. The van der Waals surface area contributed by atoms with Gasteiger partial charge in [-0.05, 0) is 37.7 Å². The Hall–Kier alpha value is -2.90. The van der Waals surface area contributed by atoms with Crippen molar-refractivity contribution < 1.29 is 19.1 Å². The molecule has 1 atom stereocenters. The van der Waals surface area contributed by atoms with Gasteiger partial charge in [0, 0.05) is 12.2 Å². The molecule has 2 aliphatic rings. The normalized spacial score (nSPS) is 18.7. The molecule has 0 radical (unpaired) electrons. The molecule has 7 nitrogen and oxygen atoms in total. The van der Waals surface area contributed by atoms with Crippen molar-refractivity contribution in [2.24, 2.45) is 5.92 Å². The van der Waals surface area contributed by atoms with E-state index in [0.717, 1.165) is 25.3 Å². The second kappa shape index (κ2) is 6.61. The number of fused-ring (bicyclic) bond motifs is 3. The number of carboxylic acids is 1. The van der Waals surface area contributed by atoms with Crippen molar-refractivity contribution >= 4 is 34.2 Å². The molecular weight excluding hydrogens is 365 g/mol. The lowest BCUT2D eigenvalue weighted by Crippen LogP contribution is -2.40. The zero-order valence-electron chi connectivity index (χ0n) is 15.7. The zero-order valence-corrected chi connectivity index (χ0v) is 15.7. The van der Waals surface area contributed by atoms with Gasteiger partial charge in [-0.25, -0.2) is 9.18 Å². The van der Waals surface area contributed by atoms with Crippen LogP contribution >= 0.6 is 0 Å². The first-order valence-corrected chi connectivity index (χ1v) is 9.50. The van der Waals surface area contributed by atoms with E-state index in [1.165, 1.54) is 6.20 Å². The smallest absolute Gasteiger partial charge is 0.341 e. The van der Waals surface area contributed by atoms with Crippen molar-refractivity contribution in [3.63, 3.8) is 0 Å². The minimum atomic E-state index is -1.35. The second-order valence-electron chi connectivity index (χ2n) is 7.98. The topological polar surface area (TPSA) is 100 Å². The molecule has 148 valence electrons. The van der Waals surface area contributed by atoms with Crippen LogP contribution in [0.2, 0.25) is 0 Å². The van der Waals surface area contributed by atoms with E-state index in [0.29, 0.717) is 17.9 Å². The Morgan fingerprint density at radius 3 is 2.64 bits per heavy atom. The first kappa shape index (κ1) is 18.5. The van der Waals surface area contributed by atoms with Crippen molar-refractivity contribution in [1.29, 1.82) is 0 Å². The largest absolute Gasteiger partial charge is 0.477 e. The van der Waals surface area contributed by atoms with Crippen LogP contribution in [-0.4, -0.2) is 27.6 Å². The molecule has 1 saturated carbocycles. The molecule has 0 saturated heterocycles. The number of anilines is 2. The number of carboxylic acid groups (broad SMARTS) is 1. The predicted octanol–water partition coefficient (Wildman–Crippen LogP) is 3.34. The maximum absolute atomic E-state index is 14.9. The van der Waals surface area contributed by atoms with E-state index in [-0.39, 0.29) is 28.7 Å². The van der Waals surface area contributed by atoms with E-state index in [4.69, 9.17) is 0 Å². The number of rotatable bonds is 5. The van der Waals surface area contributed by atoms with Gasteiger partial charge in [0.2, 0.25) is 11.3 Å². The van der Waals surface area contributed by atoms with Gasteiger partial charge in [-0.2, -0.15) is 0 Å². The Morgan fingerprint density at radius 2 is 2.04 bits per heavy atom. The van der Waals surface area contributed by atoms with Crippen LogP contribution in [0.3, 0.4) is 0 Å². The Labute approximate surface area is 160 Å². The average molecular weight is 387 g/mol. The number of amides is 1. The van der Waals surface area contributed by atoms with Crippen molar-refractivity contribution in [2.45, 2.75) is 51.6 Å². The molecule has 3 N–H and O–H groups in total. The van der Waals surface area contributed by atoms with Crippen LogP contribution in [0.25, 0.3) is 10.9 Å². The summed E-state index contributed by atoms with van der Waals surface area (Å²) in [7, 11) is 0. The summed E-state index contributed by atoms with van der Waals surface area (Å²) in [5.41, 5.74) is -0.419. The van der Waals surface area contributed by atoms with Gasteiger partial charge < -0.3 is 20.3 Å². The minimum absolute atomic E-state index is 0.0336. The second-order valence-corrected chi connectivity index (χ2v) is 7.98. The number of halogens is 1. The minimum Gasteiger partial charge on any atom is -0.477 e. The van der Waals surface area contributed by atoms with E-state index in [1.807, 2.05) is 0 Å². The fraction of sp³-hybridized carbons (Fsp3) is 0.450. The van der Waals surface area contributed by atoms with Gasteiger partial charge in [-0.3, -0.25) is 9.59 Å². The number of pyridine rings is 1. The number of nitrogens with zero attached hydrogens (tertiary/aromatic N) is 1. The van der Waals surface area contributed by atoms with Gasteiger partial charge in [0.05, 0.1) is 22.3 Å². The molecule has 0 bridgehead atoms. The highest BCUT2D eigenvalue weighted by molar-refractivity contribution is 6.11. The zero-order chi connectivity index (χ0) is 20.2. The van der Waals surface area contributed by atoms with Crippen LogP contribution in [0.1, 0.15) is 55.9 Å². The average Bonchev–Trinajstić information content (AvgIpc) is 3.45. The Morgan fingerprint density at radius 1 is 1.32 bits per heavy atom.